The second-order valence-electron chi connectivity index (χ2n) is 7.15. The van der Waals surface area contributed by atoms with Crippen molar-refractivity contribution in [2.75, 3.05) is 36.1 Å². The van der Waals surface area contributed by atoms with Gasteiger partial charge >= 0.3 is 0 Å². The zero-order valence-electron chi connectivity index (χ0n) is 17.7. The number of carbonyl (C=O) groups excluding carboxylic acids is 1. The molecule has 2 heterocycles. The van der Waals surface area contributed by atoms with Gasteiger partial charge in [0.2, 0.25) is 5.91 Å². The van der Waals surface area contributed by atoms with Crippen LogP contribution in [0, 0.1) is 6.92 Å². The summed E-state index contributed by atoms with van der Waals surface area (Å²) in [4.78, 5) is 23.5. The van der Waals surface area contributed by atoms with Crippen molar-refractivity contribution in [1.82, 2.24) is 9.97 Å². The van der Waals surface area contributed by atoms with Crippen LogP contribution < -0.4 is 20.1 Å². The van der Waals surface area contributed by atoms with Crippen LogP contribution >= 0.6 is 11.8 Å². The van der Waals surface area contributed by atoms with Gasteiger partial charge in [-0.1, -0.05) is 54.2 Å². The van der Waals surface area contributed by atoms with Crippen molar-refractivity contribution in [3.8, 4) is 11.5 Å². The van der Waals surface area contributed by atoms with Crippen molar-refractivity contribution < 1.29 is 14.3 Å². The maximum Gasteiger partial charge on any atom is 0.237 e. The largest absolute Gasteiger partial charge is 0.486 e. The molecular weight excluding hydrogens is 424 g/mol. The molecule has 7 nitrogen and oxygen atoms in total. The Kier molecular flexibility index (Phi) is 6.91. The van der Waals surface area contributed by atoms with Gasteiger partial charge in [-0.3, -0.25) is 4.79 Å². The molecule has 8 heteroatoms. The summed E-state index contributed by atoms with van der Waals surface area (Å²) in [6.07, 6.45) is 3.96. The number of benzene rings is 2. The number of nitrogen functional groups attached to an aromatic ring is 1. The number of ether oxygens (including phenoxy) is 2. The van der Waals surface area contributed by atoms with Gasteiger partial charge in [-0.25, -0.2) is 9.97 Å². The molecule has 1 aliphatic heterocycles. The number of aromatic nitrogens is 2. The van der Waals surface area contributed by atoms with Crippen LogP contribution in [0.2, 0.25) is 0 Å². The van der Waals surface area contributed by atoms with E-state index >= 15 is 0 Å². The van der Waals surface area contributed by atoms with Crippen LogP contribution in [0.25, 0.3) is 6.08 Å². The summed E-state index contributed by atoms with van der Waals surface area (Å²) in [6, 6.07) is 17.2. The number of nitrogens with two attached hydrogens (primary N) is 1. The van der Waals surface area contributed by atoms with E-state index in [1.54, 1.807) is 11.0 Å². The minimum absolute atomic E-state index is 0.0759. The summed E-state index contributed by atoms with van der Waals surface area (Å²) in [5, 5.41) is 0.484. The van der Waals surface area contributed by atoms with Gasteiger partial charge in [0.25, 0.3) is 0 Å². The van der Waals surface area contributed by atoms with Crippen LogP contribution in [0.3, 0.4) is 0 Å². The first-order valence-corrected chi connectivity index (χ1v) is 11.2. The Labute approximate surface area is 191 Å². The lowest BCUT2D eigenvalue weighted by molar-refractivity contribution is -0.116. The molecule has 0 spiro atoms. The van der Waals surface area contributed by atoms with Crippen LogP contribution in [0.1, 0.15) is 11.3 Å². The SMILES string of the molecule is Cc1cc(N)nc(SCC(=O)N(C/C=C/c2ccccc2)c2ccc3c(c2)OCCO3)n1. The molecule has 0 fully saturated rings. The third-order valence-electron chi connectivity index (χ3n) is 4.71. The first kappa shape index (κ1) is 21.7. The lowest BCUT2D eigenvalue weighted by Gasteiger charge is -2.24. The Balaban J connectivity index is 1.53. The topological polar surface area (TPSA) is 90.6 Å². The van der Waals surface area contributed by atoms with Gasteiger partial charge in [-0.15, -0.1) is 0 Å². The number of anilines is 2. The van der Waals surface area contributed by atoms with Crippen molar-refractivity contribution in [2.45, 2.75) is 12.1 Å². The summed E-state index contributed by atoms with van der Waals surface area (Å²) in [5.74, 6) is 1.82. The monoisotopic (exact) mass is 448 g/mol. The molecule has 1 aliphatic rings. The zero-order valence-corrected chi connectivity index (χ0v) is 18.5. The smallest absolute Gasteiger partial charge is 0.237 e. The quantitative estimate of drug-likeness (QED) is 0.432. The van der Waals surface area contributed by atoms with E-state index in [0.29, 0.717) is 42.2 Å². The molecule has 0 radical (unpaired) electrons. The minimum atomic E-state index is -0.0759. The van der Waals surface area contributed by atoms with Crippen molar-refractivity contribution in [3.63, 3.8) is 0 Å². The predicted molar refractivity (Wildman–Crippen MR) is 127 cm³/mol. The maximum absolute atomic E-state index is 13.2. The van der Waals surface area contributed by atoms with Crippen LogP contribution in [0.5, 0.6) is 11.5 Å². The molecule has 0 unspecified atom stereocenters. The highest BCUT2D eigenvalue weighted by molar-refractivity contribution is 7.99. The number of carbonyl (C=O) groups is 1. The first-order chi connectivity index (χ1) is 15.6. The summed E-state index contributed by atoms with van der Waals surface area (Å²) >= 11 is 1.27. The van der Waals surface area contributed by atoms with E-state index in [1.807, 2.05) is 67.6 Å². The zero-order chi connectivity index (χ0) is 22.3. The molecule has 0 bridgehead atoms. The van der Waals surface area contributed by atoms with Crippen molar-refractivity contribution in [3.05, 3.63) is 71.9 Å². The highest BCUT2D eigenvalue weighted by atomic mass is 32.2. The van der Waals surface area contributed by atoms with Gasteiger partial charge in [0.05, 0.1) is 5.75 Å². The van der Waals surface area contributed by atoms with Gasteiger partial charge < -0.3 is 20.1 Å². The number of nitrogens with zero attached hydrogens (tertiary/aromatic N) is 3. The fourth-order valence-corrected chi connectivity index (χ4v) is 4.03. The van der Waals surface area contributed by atoms with E-state index < -0.39 is 0 Å². The van der Waals surface area contributed by atoms with E-state index in [9.17, 15) is 4.79 Å². The Morgan fingerprint density at radius 2 is 1.88 bits per heavy atom. The summed E-state index contributed by atoms with van der Waals surface area (Å²) in [5.41, 5.74) is 8.38. The van der Waals surface area contributed by atoms with E-state index in [1.165, 1.54) is 11.8 Å². The number of aryl methyl sites for hydroxylation is 1. The van der Waals surface area contributed by atoms with Gasteiger partial charge in [-0.05, 0) is 24.6 Å². The Morgan fingerprint density at radius 3 is 2.66 bits per heavy atom. The van der Waals surface area contributed by atoms with Crippen LogP contribution in [0.4, 0.5) is 11.5 Å². The summed E-state index contributed by atoms with van der Waals surface area (Å²) in [7, 11) is 0. The minimum Gasteiger partial charge on any atom is -0.486 e. The number of fused-ring (bicyclic) bond motifs is 1. The third kappa shape index (κ3) is 5.59. The normalized spacial score (nSPS) is 12.7. The average molecular weight is 449 g/mol. The van der Waals surface area contributed by atoms with E-state index in [2.05, 4.69) is 9.97 Å². The second-order valence-corrected chi connectivity index (χ2v) is 8.09. The van der Waals surface area contributed by atoms with Crippen LogP contribution in [-0.4, -0.2) is 41.4 Å². The average Bonchev–Trinajstić information content (AvgIpc) is 2.80. The molecule has 0 aliphatic carbocycles. The number of rotatable bonds is 7. The van der Waals surface area contributed by atoms with Gasteiger partial charge in [-0.2, -0.15) is 0 Å². The highest BCUT2D eigenvalue weighted by Crippen LogP contribution is 2.34. The summed E-state index contributed by atoms with van der Waals surface area (Å²) in [6.45, 7) is 3.26. The number of hydrogen-bond donors (Lipinski definition) is 1. The van der Waals surface area contributed by atoms with Crippen LogP contribution in [0.15, 0.2) is 65.8 Å². The van der Waals surface area contributed by atoms with Crippen LogP contribution in [-0.2, 0) is 4.79 Å². The molecule has 2 aromatic carbocycles. The van der Waals surface area contributed by atoms with Gasteiger partial charge in [0, 0.05) is 30.1 Å². The van der Waals surface area contributed by atoms with E-state index in [0.717, 1.165) is 16.9 Å². The van der Waals surface area contributed by atoms with Crippen molar-refractivity contribution in [2.24, 2.45) is 0 Å². The number of amides is 1. The molecule has 0 atom stereocenters. The molecule has 0 saturated heterocycles. The molecule has 32 heavy (non-hydrogen) atoms. The Bertz CT molecular complexity index is 1100. The maximum atomic E-state index is 13.2. The van der Waals surface area contributed by atoms with Crippen molar-refractivity contribution >= 4 is 35.3 Å². The molecule has 3 aromatic rings. The molecule has 1 aromatic heterocycles. The second kappa shape index (κ2) is 10.2. The highest BCUT2D eigenvalue weighted by Gasteiger charge is 2.19. The predicted octanol–water partition coefficient (Wildman–Crippen LogP) is 3.98. The summed E-state index contributed by atoms with van der Waals surface area (Å²) < 4.78 is 11.3. The fourth-order valence-electron chi connectivity index (χ4n) is 3.24. The molecule has 0 saturated carbocycles. The third-order valence-corrected chi connectivity index (χ3v) is 5.55. The number of hydrogen-bond acceptors (Lipinski definition) is 7. The van der Waals surface area contributed by atoms with E-state index in [4.69, 9.17) is 15.2 Å². The Hall–Kier alpha value is -3.52. The molecule has 164 valence electrons. The molecular formula is C24H24N4O3S. The van der Waals surface area contributed by atoms with E-state index in [-0.39, 0.29) is 11.7 Å². The first-order valence-electron chi connectivity index (χ1n) is 10.2. The molecule has 1 amide bonds. The molecule has 2 N–H and O–H groups in total. The lowest BCUT2D eigenvalue weighted by atomic mass is 10.2. The van der Waals surface area contributed by atoms with Gasteiger partial charge in [0.15, 0.2) is 16.7 Å². The van der Waals surface area contributed by atoms with Gasteiger partial charge in [0.1, 0.15) is 19.0 Å². The lowest BCUT2D eigenvalue weighted by Crippen LogP contribution is -2.32. The Morgan fingerprint density at radius 1 is 1.09 bits per heavy atom. The molecule has 4 rings (SSSR count). The van der Waals surface area contributed by atoms with Crippen molar-refractivity contribution in [1.29, 1.82) is 0 Å². The standard InChI is InChI=1S/C24H24N4O3S/c1-17-14-22(25)27-24(26-17)32-16-23(29)28(11-5-8-18-6-3-2-4-7-18)19-9-10-20-21(15-19)31-13-12-30-20/h2-10,14-15H,11-13,16H2,1H3,(H2,25,26,27)/b8-5+. The number of thioether (sulfide) groups is 1. The fraction of sp³-hybridized carbons (Fsp3) is 0.208.